The van der Waals surface area contributed by atoms with Gasteiger partial charge < -0.3 is 4.90 Å². The first kappa shape index (κ1) is 12.9. The maximum Gasteiger partial charge on any atom is 0.241 e. The van der Waals surface area contributed by atoms with Gasteiger partial charge in [0.15, 0.2) is 0 Å². The van der Waals surface area contributed by atoms with E-state index in [0.29, 0.717) is 17.9 Å². The lowest BCUT2D eigenvalue weighted by molar-refractivity contribution is -0.132. The maximum absolute atomic E-state index is 12.5. The summed E-state index contributed by atoms with van der Waals surface area (Å²) in [6.07, 6.45) is 7.31. The summed E-state index contributed by atoms with van der Waals surface area (Å²) in [5, 5.41) is 3.54. The van der Waals surface area contributed by atoms with E-state index < -0.39 is 0 Å². The molecule has 2 atom stereocenters. The van der Waals surface area contributed by atoms with Gasteiger partial charge in [0.2, 0.25) is 5.91 Å². The van der Waals surface area contributed by atoms with Crippen LogP contribution in [-0.4, -0.2) is 29.1 Å². The molecule has 17 heavy (non-hydrogen) atoms. The molecule has 3 heteroatoms. The lowest BCUT2D eigenvalue weighted by Gasteiger charge is -2.32. The van der Waals surface area contributed by atoms with Crippen LogP contribution in [0.4, 0.5) is 0 Å². The predicted molar refractivity (Wildman–Crippen MR) is 69.6 cm³/mol. The fourth-order valence-electron chi connectivity index (χ4n) is 3.27. The van der Waals surface area contributed by atoms with Gasteiger partial charge in [0, 0.05) is 6.04 Å². The molecule has 1 aliphatic heterocycles. The predicted octanol–water partition coefficient (Wildman–Crippen LogP) is 2.51. The van der Waals surface area contributed by atoms with Gasteiger partial charge in [-0.05, 0) is 25.2 Å². The largest absolute Gasteiger partial charge is 0.323 e. The van der Waals surface area contributed by atoms with Crippen molar-refractivity contribution in [3.05, 3.63) is 0 Å². The third kappa shape index (κ3) is 2.49. The molecule has 2 rings (SSSR count). The van der Waals surface area contributed by atoms with E-state index in [9.17, 15) is 4.79 Å². The summed E-state index contributed by atoms with van der Waals surface area (Å²) in [6.45, 7) is 6.57. The Morgan fingerprint density at radius 3 is 2.53 bits per heavy atom. The SMILES string of the molecule is CCCC1NC(C(C)C)N(C2CCCC2)C1=O. The highest BCUT2D eigenvalue weighted by atomic mass is 16.2. The molecule has 0 spiro atoms. The first-order chi connectivity index (χ1) is 8.15. The van der Waals surface area contributed by atoms with Gasteiger partial charge in [-0.1, -0.05) is 40.0 Å². The first-order valence-electron chi connectivity index (χ1n) is 7.23. The lowest BCUT2D eigenvalue weighted by Crippen LogP contribution is -2.46. The molecule has 2 unspecified atom stereocenters. The minimum atomic E-state index is 0.0769. The number of hydrogen-bond acceptors (Lipinski definition) is 2. The van der Waals surface area contributed by atoms with E-state index >= 15 is 0 Å². The van der Waals surface area contributed by atoms with Crippen LogP contribution in [0.5, 0.6) is 0 Å². The van der Waals surface area contributed by atoms with E-state index in [-0.39, 0.29) is 12.2 Å². The Kier molecular flexibility index (Phi) is 4.08. The van der Waals surface area contributed by atoms with Crippen molar-refractivity contribution in [1.82, 2.24) is 10.2 Å². The van der Waals surface area contributed by atoms with Gasteiger partial charge in [0.05, 0.1) is 12.2 Å². The van der Waals surface area contributed by atoms with Gasteiger partial charge in [-0.15, -0.1) is 0 Å². The van der Waals surface area contributed by atoms with E-state index in [2.05, 4.69) is 31.0 Å². The summed E-state index contributed by atoms with van der Waals surface area (Å²) < 4.78 is 0. The van der Waals surface area contributed by atoms with Crippen LogP contribution >= 0.6 is 0 Å². The highest BCUT2D eigenvalue weighted by molar-refractivity contribution is 5.84. The van der Waals surface area contributed by atoms with E-state index in [0.717, 1.165) is 12.8 Å². The summed E-state index contributed by atoms with van der Waals surface area (Å²) in [4.78, 5) is 14.6. The quantitative estimate of drug-likeness (QED) is 0.816. The van der Waals surface area contributed by atoms with Crippen LogP contribution in [0.15, 0.2) is 0 Å². The number of carbonyl (C=O) groups excluding carboxylic acids is 1. The average molecular weight is 238 g/mol. The molecule has 0 aromatic heterocycles. The zero-order valence-electron chi connectivity index (χ0n) is 11.4. The number of hydrogen-bond donors (Lipinski definition) is 1. The molecule has 0 bridgehead atoms. The highest BCUT2D eigenvalue weighted by Crippen LogP contribution is 2.30. The molecule has 0 aromatic rings. The second-order valence-corrected chi connectivity index (χ2v) is 5.88. The molecule has 1 aliphatic carbocycles. The molecule has 2 aliphatic rings. The Balaban J connectivity index is 2.11. The molecular weight excluding hydrogens is 212 g/mol. The van der Waals surface area contributed by atoms with Crippen LogP contribution in [0.2, 0.25) is 0 Å². The number of rotatable bonds is 4. The molecule has 3 nitrogen and oxygen atoms in total. The van der Waals surface area contributed by atoms with Crippen LogP contribution in [0.25, 0.3) is 0 Å². The Labute approximate surface area is 105 Å². The second kappa shape index (κ2) is 5.38. The number of nitrogens with one attached hydrogen (secondary N) is 1. The Bertz CT molecular complexity index is 271. The van der Waals surface area contributed by atoms with E-state index in [1.165, 1.54) is 25.7 Å². The summed E-state index contributed by atoms with van der Waals surface area (Å²) in [7, 11) is 0. The second-order valence-electron chi connectivity index (χ2n) is 5.88. The normalized spacial score (nSPS) is 30.8. The van der Waals surface area contributed by atoms with E-state index in [4.69, 9.17) is 0 Å². The van der Waals surface area contributed by atoms with Crippen LogP contribution in [-0.2, 0) is 4.79 Å². The molecule has 98 valence electrons. The number of carbonyl (C=O) groups is 1. The standard InChI is InChI=1S/C14H26N2O/c1-4-7-12-14(17)16(11-8-5-6-9-11)13(15-12)10(2)3/h10-13,15H,4-9H2,1-3H3. The van der Waals surface area contributed by atoms with Gasteiger partial charge in [0.25, 0.3) is 0 Å². The van der Waals surface area contributed by atoms with Crippen molar-refractivity contribution in [3.63, 3.8) is 0 Å². The zero-order valence-corrected chi connectivity index (χ0v) is 11.4. The number of nitrogens with zero attached hydrogens (tertiary/aromatic N) is 1. The van der Waals surface area contributed by atoms with Gasteiger partial charge in [-0.3, -0.25) is 10.1 Å². The molecule has 0 radical (unpaired) electrons. The van der Waals surface area contributed by atoms with Crippen LogP contribution in [0.1, 0.15) is 59.3 Å². The van der Waals surface area contributed by atoms with Crippen LogP contribution in [0.3, 0.4) is 0 Å². The lowest BCUT2D eigenvalue weighted by atomic mass is 10.1. The molecule has 0 aromatic carbocycles. The van der Waals surface area contributed by atoms with E-state index in [1.807, 2.05) is 0 Å². The van der Waals surface area contributed by atoms with Gasteiger partial charge in [-0.2, -0.15) is 0 Å². The molecule has 1 saturated carbocycles. The third-order valence-corrected chi connectivity index (χ3v) is 4.15. The summed E-state index contributed by atoms with van der Waals surface area (Å²) in [6, 6.07) is 0.581. The smallest absolute Gasteiger partial charge is 0.241 e. The third-order valence-electron chi connectivity index (χ3n) is 4.15. The minimum Gasteiger partial charge on any atom is -0.323 e. The van der Waals surface area contributed by atoms with Crippen LogP contribution in [0, 0.1) is 5.92 Å². The molecule has 1 heterocycles. The molecule has 2 fully saturated rings. The van der Waals surface area contributed by atoms with E-state index in [1.54, 1.807) is 0 Å². The molecule has 1 N–H and O–H groups in total. The van der Waals surface area contributed by atoms with Crippen molar-refractivity contribution in [1.29, 1.82) is 0 Å². The molecular formula is C14H26N2O. The van der Waals surface area contributed by atoms with Crippen molar-refractivity contribution < 1.29 is 4.79 Å². The summed E-state index contributed by atoms with van der Waals surface area (Å²) in [5.74, 6) is 0.860. The van der Waals surface area contributed by atoms with Crippen molar-refractivity contribution in [2.24, 2.45) is 5.92 Å². The topological polar surface area (TPSA) is 32.3 Å². The van der Waals surface area contributed by atoms with Gasteiger partial charge in [0.1, 0.15) is 0 Å². The van der Waals surface area contributed by atoms with Gasteiger partial charge >= 0.3 is 0 Å². The minimum absolute atomic E-state index is 0.0769. The zero-order chi connectivity index (χ0) is 12.4. The number of amides is 1. The fourth-order valence-corrected chi connectivity index (χ4v) is 3.27. The monoisotopic (exact) mass is 238 g/mol. The summed E-state index contributed by atoms with van der Waals surface area (Å²) in [5.41, 5.74) is 0. The van der Waals surface area contributed by atoms with Gasteiger partial charge in [-0.25, -0.2) is 0 Å². The summed E-state index contributed by atoms with van der Waals surface area (Å²) >= 11 is 0. The Morgan fingerprint density at radius 2 is 2.00 bits per heavy atom. The molecule has 1 amide bonds. The maximum atomic E-state index is 12.5. The van der Waals surface area contributed by atoms with Crippen molar-refractivity contribution in [2.45, 2.75) is 77.5 Å². The average Bonchev–Trinajstić information content (AvgIpc) is 2.88. The van der Waals surface area contributed by atoms with Crippen molar-refractivity contribution >= 4 is 5.91 Å². The van der Waals surface area contributed by atoms with Crippen molar-refractivity contribution in [2.75, 3.05) is 0 Å². The van der Waals surface area contributed by atoms with Crippen molar-refractivity contribution in [3.8, 4) is 0 Å². The Hall–Kier alpha value is -0.570. The fraction of sp³-hybridized carbons (Fsp3) is 0.929. The molecule has 1 saturated heterocycles. The Morgan fingerprint density at radius 1 is 1.35 bits per heavy atom. The highest BCUT2D eigenvalue weighted by Gasteiger charge is 2.43. The van der Waals surface area contributed by atoms with Crippen LogP contribution < -0.4 is 5.32 Å². The first-order valence-corrected chi connectivity index (χ1v) is 7.23.